The number of benzene rings is 2. The molecule has 0 aliphatic carbocycles. The van der Waals surface area contributed by atoms with E-state index in [4.69, 9.17) is 0 Å². The summed E-state index contributed by atoms with van der Waals surface area (Å²) in [6.45, 7) is 9.78. The van der Waals surface area contributed by atoms with Crippen molar-refractivity contribution >= 4 is 45.2 Å². The van der Waals surface area contributed by atoms with E-state index in [1.165, 1.54) is 22.8 Å². The van der Waals surface area contributed by atoms with Gasteiger partial charge in [-0.15, -0.1) is 0 Å². The van der Waals surface area contributed by atoms with Crippen molar-refractivity contribution in [1.29, 1.82) is 0 Å². The highest BCUT2D eigenvalue weighted by atomic mass is 127. The molecular formula is C30H43IN4O2. The molecule has 0 radical (unpaired) electrons. The predicted molar refractivity (Wildman–Crippen MR) is 160 cm³/mol. The van der Waals surface area contributed by atoms with Gasteiger partial charge in [0, 0.05) is 41.4 Å². The Hall–Kier alpha value is -1.71. The largest absolute Gasteiger partial charge is 0.350 e. The number of likely N-dealkylation sites (tertiary alicyclic amines) is 1. The van der Waals surface area contributed by atoms with Crippen LogP contribution in [0.1, 0.15) is 69.2 Å². The zero-order valence-electron chi connectivity index (χ0n) is 22.5. The molecule has 202 valence electrons. The second-order valence-corrected chi connectivity index (χ2v) is 12.0. The molecule has 6 nitrogen and oxygen atoms in total. The van der Waals surface area contributed by atoms with Gasteiger partial charge in [0.05, 0.1) is 6.04 Å². The Labute approximate surface area is 236 Å². The predicted octanol–water partition coefficient (Wildman–Crippen LogP) is 5.05. The second-order valence-electron chi connectivity index (χ2n) is 10.8. The lowest BCUT2D eigenvalue weighted by Crippen LogP contribution is -2.50. The Morgan fingerprint density at radius 1 is 1.05 bits per heavy atom. The van der Waals surface area contributed by atoms with Crippen LogP contribution < -0.4 is 10.6 Å². The third-order valence-corrected chi connectivity index (χ3v) is 8.85. The van der Waals surface area contributed by atoms with Gasteiger partial charge in [-0.1, -0.05) is 45.2 Å². The van der Waals surface area contributed by atoms with Gasteiger partial charge in [0.2, 0.25) is 5.91 Å². The van der Waals surface area contributed by atoms with Crippen LogP contribution in [0.25, 0.3) is 10.8 Å². The van der Waals surface area contributed by atoms with Crippen LogP contribution in [0.2, 0.25) is 0 Å². The van der Waals surface area contributed by atoms with Gasteiger partial charge in [-0.25, -0.2) is 0 Å². The molecule has 2 fully saturated rings. The van der Waals surface area contributed by atoms with E-state index in [0.29, 0.717) is 18.0 Å². The molecule has 2 aromatic carbocycles. The SMILES string of the molecule is CCC(CC)CN1CC[C@@H](CNC(=O)c2ccc3cc(I)ccc3c2)N[C@@H](CCN2CCCCC2)C1=O. The lowest BCUT2D eigenvalue weighted by atomic mass is 10.0. The van der Waals surface area contributed by atoms with Crippen molar-refractivity contribution in [3.8, 4) is 0 Å². The maximum Gasteiger partial charge on any atom is 0.251 e. The van der Waals surface area contributed by atoms with Crippen molar-refractivity contribution < 1.29 is 9.59 Å². The lowest BCUT2D eigenvalue weighted by molar-refractivity contribution is -0.133. The molecule has 0 unspecified atom stereocenters. The number of rotatable bonds is 10. The number of piperidine rings is 1. The molecule has 7 heteroatoms. The third kappa shape index (κ3) is 7.90. The summed E-state index contributed by atoms with van der Waals surface area (Å²) in [5.74, 6) is 0.720. The fraction of sp³-hybridized carbons (Fsp3) is 0.600. The molecule has 2 aliphatic heterocycles. The fourth-order valence-electron chi connectivity index (χ4n) is 5.66. The van der Waals surface area contributed by atoms with E-state index < -0.39 is 0 Å². The first kappa shape index (κ1) is 28.3. The summed E-state index contributed by atoms with van der Waals surface area (Å²) in [6.07, 6.45) is 7.70. The topological polar surface area (TPSA) is 64.7 Å². The molecule has 2 aliphatic rings. The van der Waals surface area contributed by atoms with Crippen LogP contribution in [0.5, 0.6) is 0 Å². The Morgan fingerprint density at radius 3 is 2.54 bits per heavy atom. The van der Waals surface area contributed by atoms with Gasteiger partial charge >= 0.3 is 0 Å². The lowest BCUT2D eigenvalue weighted by Gasteiger charge is -2.30. The maximum absolute atomic E-state index is 13.6. The fourth-order valence-corrected chi connectivity index (χ4v) is 6.17. The van der Waals surface area contributed by atoms with Crippen LogP contribution >= 0.6 is 22.6 Å². The molecule has 2 aromatic rings. The minimum atomic E-state index is -0.191. The summed E-state index contributed by atoms with van der Waals surface area (Å²) >= 11 is 2.31. The first-order valence-electron chi connectivity index (χ1n) is 14.2. The normalized spacial score (nSPS) is 21.4. The summed E-state index contributed by atoms with van der Waals surface area (Å²) in [6, 6.07) is 12.0. The minimum absolute atomic E-state index is 0.0587. The molecular weight excluding hydrogens is 575 g/mol. The maximum atomic E-state index is 13.6. The number of fused-ring (bicyclic) bond motifs is 1. The highest BCUT2D eigenvalue weighted by Crippen LogP contribution is 2.20. The quantitative estimate of drug-likeness (QED) is 0.367. The molecule has 2 atom stereocenters. The second kappa shape index (κ2) is 13.9. The monoisotopic (exact) mass is 618 g/mol. The Morgan fingerprint density at radius 2 is 1.78 bits per heavy atom. The summed E-state index contributed by atoms with van der Waals surface area (Å²) in [7, 11) is 0. The number of amides is 2. The van der Waals surface area contributed by atoms with Crippen LogP contribution in [0.15, 0.2) is 36.4 Å². The average molecular weight is 619 g/mol. The first-order chi connectivity index (χ1) is 18.0. The number of hydrogen-bond donors (Lipinski definition) is 2. The van der Waals surface area contributed by atoms with E-state index in [0.717, 1.165) is 69.2 Å². The highest BCUT2D eigenvalue weighted by molar-refractivity contribution is 14.1. The standard InChI is InChI=1S/C30H43IN4O2/c1-3-22(4-2)21-35-17-12-27(33-28(30(35)37)13-16-34-14-6-5-7-15-34)20-32-29(36)25-9-8-24-19-26(31)11-10-23(24)18-25/h8-11,18-19,22,27-28,33H,3-7,12-17,20-21H2,1-2H3,(H,32,36)/t27-,28-/m0/s1. The van der Waals surface area contributed by atoms with Crippen LogP contribution in [0.3, 0.4) is 0 Å². The molecule has 2 heterocycles. The Bertz CT molecular complexity index is 1050. The first-order valence-corrected chi connectivity index (χ1v) is 15.3. The van der Waals surface area contributed by atoms with Gasteiger partial charge in [-0.05, 0) is 102 Å². The Balaban J connectivity index is 1.40. The van der Waals surface area contributed by atoms with Crippen molar-refractivity contribution in [3.05, 3.63) is 45.5 Å². The van der Waals surface area contributed by atoms with Crippen molar-refractivity contribution in [2.75, 3.05) is 39.3 Å². The van der Waals surface area contributed by atoms with Crippen LogP contribution in [-0.4, -0.2) is 73.0 Å². The molecule has 2 N–H and O–H groups in total. The van der Waals surface area contributed by atoms with Gasteiger partial charge in [0.15, 0.2) is 0 Å². The van der Waals surface area contributed by atoms with E-state index in [1.807, 2.05) is 18.2 Å². The van der Waals surface area contributed by atoms with E-state index >= 15 is 0 Å². The van der Waals surface area contributed by atoms with Gasteiger partial charge in [-0.2, -0.15) is 0 Å². The van der Waals surface area contributed by atoms with E-state index in [1.54, 1.807) is 0 Å². The van der Waals surface area contributed by atoms with Crippen molar-refractivity contribution in [2.45, 2.75) is 70.9 Å². The van der Waals surface area contributed by atoms with E-state index in [-0.39, 0.29) is 23.9 Å². The molecule has 2 saturated heterocycles. The van der Waals surface area contributed by atoms with E-state index in [2.05, 4.69) is 75.1 Å². The number of carbonyl (C=O) groups is 2. The average Bonchev–Trinajstić information content (AvgIpc) is 3.07. The molecule has 4 rings (SSSR count). The highest BCUT2D eigenvalue weighted by Gasteiger charge is 2.32. The minimum Gasteiger partial charge on any atom is -0.350 e. The number of nitrogens with zero attached hydrogens (tertiary/aromatic N) is 2. The van der Waals surface area contributed by atoms with Crippen molar-refractivity contribution in [2.24, 2.45) is 5.92 Å². The van der Waals surface area contributed by atoms with Gasteiger partial charge in [0.1, 0.15) is 0 Å². The van der Waals surface area contributed by atoms with Crippen molar-refractivity contribution in [3.63, 3.8) is 0 Å². The summed E-state index contributed by atoms with van der Waals surface area (Å²) in [5.41, 5.74) is 0.676. The molecule has 0 bridgehead atoms. The zero-order chi connectivity index (χ0) is 26.2. The summed E-state index contributed by atoms with van der Waals surface area (Å²) in [5, 5.41) is 9.01. The Kier molecular flexibility index (Phi) is 10.6. The third-order valence-electron chi connectivity index (χ3n) is 8.18. The summed E-state index contributed by atoms with van der Waals surface area (Å²) < 4.78 is 1.18. The van der Waals surface area contributed by atoms with Crippen LogP contribution in [0, 0.1) is 9.49 Å². The smallest absolute Gasteiger partial charge is 0.251 e. The van der Waals surface area contributed by atoms with Gasteiger partial charge < -0.3 is 20.4 Å². The van der Waals surface area contributed by atoms with Gasteiger partial charge in [0.25, 0.3) is 5.91 Å². The number of halogens is 1. The van der Waals surface area contributed by atoms with Gasteiger partial charge in [-0.3, -0.25) is 9.59 Å². The van der Waals surface area contributed by atoms with Crippen molar-refractivity contribution in [1.82, 2.24) is 20.4 Å². The zero-order valence-corrected chi connectivity index (χ0v) is 24.6. The number of nitrogens with one attached hydrogen (secondary N) is 2. The number of hydrogen-bond acceptors (Lipinski definition) is 4. The van der Waals surface area contributed by atoms with Crippen LogP contribution in [0.4, 0.5) is 0 Å². The summed E-state index contributed by atoms with van der Waals surface area (Å²) in [4.78, 5) is 31.2. The van der Waals surface area contributed by atoms with Crippen LogP contribution in [-0.2, 0) is 4.79 Å². The molecule has 0 aromatic heterocycles. The van der Waals surface area contributed by atoms with E-state index in [9.17, 15) is 9.59 Å². The number of carbonyl (C=O) groups excluding carboxylic acids is 2. The molecule has 2 amide bonds. The molecule has 37 heavy (non-hydrogen) atoms. The molecule has 0 spiro atoms. The molecule has 0 saturated carbocycles.